The summed E-state index contributed by atoms with van der Waals surface area (Å²) in [7, 11) is 7.75. The van der Waals surface area contributed by atoms with E-state index in [4.69, 9.17) is 23.7 Å². The van der Waals surface area contributed by atoms with Crippen LogP contribution in [0.1, 0.15) is 20.9 Å². The van der Waals surface area contributed by atoms with Gasteiger partial charge in [0.25, 0.3) is 0 Å². The van der Waals surface area contributed by atoms with E-state index in [2.05, 4.69) is 25.6 Å². The van der Waals surface area contributed by atoms with E-state index < -0.39 is 5.97 Å². The fourth-order valence-electron chi connectivity index (χ4n) is 3.81. The van der Waals surface area contributed by atoms with Crippen molar-refractivity contribution in [3.05, 3.63) is 40.4 Å². The molecule has 4 rings (SSSR count). The predicted octanol–water partition coefficient (Wildman–Crippen LogP) is 4.49. The zero-order chi connectivity index (χ0) is 27.4. The minimum Gasteiger partial charge on any atom is -0.493 e. The summed E-state index contributed by atoms with van der Waals surface area (Å²) in [5.74, 6) is 2.24. The number of carboxylic acid groups (broad SMARTS) is 1. The number of ether oxygens (including phenoxy) is 5. The van der Waals surface area contributed by atoms with Crippen LogP contribution in [0.15, 0.2) is 24.3 Å². The van der Waals surface area contributed by atoms with E-state index in [-0.39, 0.29) is 10.8 Å². The van der Waals surface area contributed by atoms with Gasteiger partial charge in [0.2, 0.25) is 11.7 Å². The molecule has 0 bridgehead atoms. The Morgan fingerprint density at radius 3 is 2.05 bits per heavy atom. The standard InChI is InChI=1S/C25H27N5O7S/c1-12-21(23(31)32)38-25(27-12)30-24-28-15-10-17(34-3)16(33-2)9-14(15)22(29-24)26-11-13-7-18(35-4)20(37-6)19(8-13)36-5/h7-10H,11H2,1-6H3,(H,31,32)(H2,26,27,28,29,30). The van der Waals surface area contributed by atoms with Crippen molar-refractivity contribution in [1.29, 1.82) is 0 Å². The monoisotopic (exact) mass is 541 g/mol. The lowest BCUT2D eigenvalue weighted by Gasteiger charge is -2.16. The molecule has 2 aromatic heterocycles. The van der Waals surface area contributed by atoms with Crippen LogP contribution < -0.4 is 34.3 Å². The van der Waals surface area contributed by atoms with Crippen LogP contribution in [-0.4, -0.2) is 61.6 Å². The summed E-state index contributed by atoms with van der Waals surface area (Å²) in [6, 6.07) is 7.20. The highest BCUT2D eigenvalue weighted by Crippen LogP contribution is 2.39. The third-order valence-corrected chi connectivity index (χ3v) is 6.66. The Labute approximate surface area is 222 Å². The van der Waals surface area contributed by atoms with Crippen molar-refractivity contribution in [1.82, 2.24) is 15.0 Å². The maximum atomic E-state index is 11.4. The smallest absolute Gasteiger partial charge is 0.347 e. The molecular weight excluding hydrogens is 514 g/mol. The van der Waals surface area contributed by atoms with Crippen LogP contribution in [0.5, 0.6) is 28.7 Å². The van der Waals surface area contributed by atoms with Gasteiger partial charge in [0.15, 0.2) is 28.1 Å². The number of thiazole rings is 1. The molecule has 0 saturated heterocycles. The van der Waals surface area contributed by atoms with Gasteiger partial charge in [0.1, 0.15) is 10.7 Å². The summed E-state index contributed by atoms with van der Waals surface area (Å²) in [6.45, 7) is 1.99. The van der Waals surface area contributed by atoms with Gasteiger partial charge < -0.3 is 34.1 Å². The number of hydrogen-bond donors (Lipinski definition) is 3. The molecule has 4 aromatic rings. The summed E-state index contributed by atoms with van der Waals surface area (Å²) >= 11 is 1.00. The summed E-state index contributed by atoms with van der Waals surface area (Å²) in [6.07, 6.45) is 0. The number of methoxy groups -OCH3 is 5. The number of fused-ring (bicyclic) bond motifs is 1. The summed E-state index contributed by atoms with van der Waals surface area (Å²) < 4.78 is 27.3. The minimum atomic E-state index is -1.04. The van der Waals surface area contributed by atoms with Gasteiger partial charge in [0, 0.05) is 18.0 Å². The van der Waals surface area contributed by atoms with Crippen LogP contribution in [0.2, 0.25) is 0 Å². The number of carboxylic acids is 1. The second-order valence-corrected chi connectivity index (χ2v) is 8.87. The SMILES string of the molecule is COc1cc2nc(Nc3nc(C)c(C(=O)O)s3)nc(NCc3cc(OC)c(OC)c(OC)c3)c2cc1OC. The van der Waals surface area contributed by atoms with Crippen molar-refractivity contribution in [3.8, 4) is 28.7 Å². The Balaban J connectivity index is 1.75. The van der Waals surface area contributed by atoms with Crippen molar-refractivity contribution in [3.63, 3.8) is 0 Å². The maximum Gasteiger partial charge on any atom is 0.347 e. The number of benzene rings is 2. The number of aromatic carboxylic acids is 1. The Morgan fingerprint density at radius 1 is 0.868 bits per heavy atom. The summed E-state index contributed by atoms with van der Waals surface area (Å²) in [5.41, 5.74) is 1.82. The molecule has 0 radical (unpaired) electrons. The molecule has 0 amide bonds. The third kappa shape index (κ3) is 5.27. The molecule has 0 spiro atoms. The van der Waals surface area contributed by atoms with Gasteiger partial charge in [-0.25, -0.2) is 14.8 Å². The molecule has 0 fully saturated rings. The van der Waals surface area contributed by atoms with Crippen LogP contribution in [0, 0.1) is 6.92 Å². The molecule has 200 valence electrons. The topological polar surface area (TPSA) is 146 Å². The molecule has 13 heteroatoms. The highest BCUT2D eigenvalue weighted by atomic mass is 32.1. The second-order valence-electron chi connectivity index (χ2n) is 7.87. The normalized spacial score (nSPS) is 10.7. The average Bonchev–Trinajstić information content (AvgIpc) is 3.29. The average molecular weight is 542 g/mol. The maximum absolute atomic E-state index is 11.4. The first-order chi connectivity index (χ1) is 18.3. The fourth-order valence-corrected chi connectivity index (χ4v) is 4.61. The van der Waals surface area contributed by atoms with Gasteiger partial charge in [0.05, 0.1) is 46.8 Å². The Morgan fingerprint density at radius 2 is 1.50 bits per heavy atom. The number of hydrogen-bond acceptors (Lipinski definition) is 12. The molecular formula is C25H27N5O7S. The van der Waals surface area contributed by atoms with Crippen LogP contribution in [0.4, 0.5) is 16.9 Å². The molecule has 2 heterocycles. The molecule has 12 nitrogen and oxygen atoms in total. The molecule has 3 N–H and O–H groups in total. The van der Waals surface area contributed by atoms with Gasteiger partial charge in [-0.2, -0.15) is 4.98 Å². The molecule has 0 atom stereocenters. The van der Waals surface area contributed by atoms with Crippen LogP contribution >= 0.6 is 11.3 Å². The molecule has 0 aliphatic carbocycles. The number of aryl methyl sites for hydroxylation is 1. The number of aromatic nitrogens is 3. The van der Waals surface area contributed by atoms with E-state index in [1.807, 2.05) is 12.1 Å². The van der Waals surface area contributed by atoms with Crippen LogP contribution in [0.3, 0.4) is 0 Å². The first kappa shape index (κ1) is 26.5. The molecule has 0 unspecified atom stereocenters. The lowest BCUT2D eigenvalue weighted by atomic mass is 10.1. The van der Waals surface area contributed by atoms with Crippen molar-refractivity contribution in [2.45, 2.75) is 13.5 Å². The van der Waals surface area contributed by atoms with E-state index in [0.717, 1.165) is 16.9 Å². The van der Waals surface area contributed by atoms with E-state index in [9.17, 15) is 9.90 Å². The van der Waals surface area contributed by atoms with Gasteiger partial charge in [-0.1, -0.05) is 11.3 Å². The van der Waals surface area contributed by atoms with Gasteiger partial charge in [-0.05, 0) is 30.7 Å². The van der Waals surface area contributed by atoms with Crippen molar-refractivity contribution < 1.29 is 33.6 Å². The van der Waals surface area contributed by atoms with E-state index in [1.165, 1.54) is 0 Å². The van der Waals surface area contributed by atoms with E-state index in [1.54, 1.807) is 54.6 Å². The predicted molar refractivity (Wildman–Crippen MR) is 143 cm³/mol. The number of anilines is 3. The molecule has 2 aromatic carbocycles. The third-order valence-electron chi connectivity index (χ3n) is 5.60. The molecule has 0 aliphatic heterocycles. The highest BCUT2D eigenvalue weighted by molar-refractivity contribution is 7.17. The lowest BCUT2D eigenvalue weighted by molar-refractivity contribution is 0.0701. The van der Waals surface area contributed by atoms with Crippen molar-refractivity contribution in [2.75, 3.05) is 46.2 Å². The fraction of sp³-hybridized carbons (Fsp3) is 0.280. The Hall–Kier alpha value is -4.52. The quantitative estimate of drug-likeness (QED) is 0.246. The van der Waals surface area contributed by atoms with Crippen LogP contribution in [0.25, 0.3) is 10.9 Å². The number of nitrogens with zero attached hydrogens (tertiary/aromatic N) is 3. The van der Waals surface area contributed by atoms with Crippen molar-refractivity contribution >= 4 is 45.1 Å². The number of nitrogens with one attached hydrogen (secondary N) is 2. The molecule has 0 saturated carbocycles. The Kier molecular flexibility index (Phi) is 7.86. The minimum absolute atomic E-state index is 0.139. The summed E-state index contributed by atoms with van der Waals surface area (Å²) in [4.78, 5) is 25.1. The van der Waals surface area contributed by atoms with Crippen molar-refractivity contribution in [2.24, 2.45) is 0 Å². The first-order valence-electron chi connectivity index (χ1n) is 11.3. The summed E-state index contributed by atoms with van der Waals surface area (Å²) in [5, 5.41) is 16.8. The van der Waals surface area contributed by atoms with Gasteiger partial charge in [-0.15, -0.1) is 0 Å². The zero-order valence-electron chi connectivity index (χ0n) is 21.7. The molecule has 38 heavy (non-hydrogen) atoms. The second kappa shape index (κ2) is 11.3. The molecule has 0 aliphatic rings. The lowest BCUT2D eigenvalue weighted by Crippen LogP contribution is -2.07. The van der Waals surface area contributed by atoms with Gasteiger partial charge >= 0.3 is 5.97 Å². The largest absolute Gasteiger partial charge is 0.493 e. The number of carbonyl (C=O) groups is 1. The number of rotatable bonds is 11. The zero-order valence-corrected chi connectivity index (χ0v) is 22.5. The highest BCUT2D eigenvalue weighted by Gasteiger charge is 2.18. The van der Waals surface area contributed by atoms with Crippen LogP contribution in [-0.2, 0) is 6.54 Å². The van der Waals surface area contributed by atoms with Gasteiger partial charge in [-0.3, -0.25) is 5.32 Å². The van der Waals surface area contributed by atoms with E-state index >= 15 is 0 Å². The first-order valence-corrected chi connectivity index (χ1v) is 12.1. The Bertz CT molecular complexity index is 1470. The van der Waals surface area contributed by atoms with E-state index in [0.29, 0.717) is 62.8 Å².